The van der Waals surface area contributed by atoms with Crippen LogP contribution in [0.2, 0.25) is 0 Å². The van der Waals surface area contributed by atoms with Crippen molar-refractivity contribution in [2.75, 3.05) is 0 Å². The van der Waals surface area contributed by atoms with Crippen molar-refractivity contribution in [1.29, 1.82) is 0 Å². The Morgan fingerprint density at radius 1 is 1.09 bits per heavy atom. The summed E-state index contributed by atoms with van der Waals surface area (Å²) in [6, 6.07) is 0. The molecule has 0 aliphatic heterocycles. The van der Waals surface area contributed by atoms with Crippen LogP contribution in [0.15, 0.2) is 6.20 Å². The van der Waals surface area contributed by atoms with Crippen LogP contribution in [-0.2, 0) is 7.05 Å². The first-order chi connectivity index (χ1) is 5.13. The average Bonchev–Trinajstić information content (AvgIpc) is 2.22. The summed E-state index contributed by atoms with van der Waals surface area (Å²) in [5.41, 5.74) is 4.17. The molecule has 0 aliphatic carbocycles. The lowest BCUT2D eigenvalue weighted by Gasteiger charge is -1.93. The van der Waals surface area contributed by atoms with Crippen molar-refractivity contribution >= 4 is 0 Å². The summed E-state index contributed by atoms with van der Waals surface area (Å²) in [5.74, 6) is 0. The van der Waals surface area contributed by atoms with Crippen molar-refractivity contribution in [3.8, 4) is 0 Å². The van der Waals surface area contributed by atoms with Crippen LogP contribution in [0.1, 0.15) is 30.7 Å². The molecule has 11 heavy (non-hydrogen) atoms. The minimum absolute atomic E-state index is 1.37. The SMILES string of the molecule is CC.Cc1cn(C)c(C)c1C. The average molecular weight is 153 g/mol. The standard InChI is InChI=1S/C8H13N.C2H6/c1-6-5-9(4)8(3)7(6)2;1-2/h5H,1-4H3;1-2H3. The first-order valence-corrected chi connectivity index (χ1v) is 4.22. The topological polar surface area (TPSA) is 4.93 Å². The van der Waals surface area contributed by atoms with Crippen molar-refractivity contribution in [3.05, 3.63) is 23.0 Å². The molecule has 0 saturated carbocycles. The predicted molar refractivity (Wildman–Crippen MR) is 51.0 cm³/mol. The van der Waals surface area contributed by atoms with Crippen LogP contribution >= 0.6 is 0 Å². The molecule has 0 fully saturated rings. The Morgan fingerprint density at radius 2 is 1.55 bits per heavy atom. The molecule has 0 amide bonds. The number of hydrogen-bond donors (Lipinski definition) is 0. The van der Waals surface area contributed by atoms with Gasteiger partial charge in [0.25, 0.3) is 0 Å². The zero-order valence-electron chi connectivity index (χ0n) is 8.52. The van der Waals surface area contributed by atoms with Crippen molar-refractivity contribution in [2.45, 2.75) is 34.6 Å². The van der Waals surface area contributed by atoms with E-state index >= 15 is 0 Å². The molecule has 1 nitrogen and oxygen atoms in total. The molecule has 0 atom stereocenters. The van der Waals surface area contributed by atoms with Gasteiger partial charge in [0, 0.05) is 18.9 Å². The van der Waals surface area contributed by atoms with E-state index in [9.17, 15) is 0 Å². The normalized spacial score (nSPS) is 8.91. The second-order valence-electron chi connectivity index (χ2n) is 2.63. The highest BCUT2D eigenvalue weighted by atomic mass is 14.9. The highest BCUT2D eigenvalue weighted by Gasteiger charge is 1.99. The Labute approximate surface area is 70.0 Å². The Balaban J connectivity index is 0.000000461. The van der Waals surface area contributed by atoms with Crippen LogP contribution in [0.3, 0.4) is 0 Å². The van der Waals surface area contributed by atoms with Crippen LogP contribution in [0.5, 0.6) is 0 Å². The lowest BCUT2D eigenvalue weighted by atomic mass is 10.2. The van der Waals surface area contributed by atoms with Gasteiger partial charge in [-0.15, -0.1) is 0 Å². The molecule has 0 unspecified atom stereocenters. The summed E-state index contributed by atoms with van der Waals surface area (Å²) in [6.45, 7) is 10.4. The molecule has 0 aliphatic rings. The lowest BCUT2D eigenvalue weighted by molar-refractivity contribution is 0.876. The van der Waals surface area contributed by atoms with E-state index in [-0.39, 0.29) is 0 Å². The third-order valence-electron chi connectivity index (χ3n) is 2.05. The number of hydrogen-bond acceptors (Lipinski definition) is 0. The van der Waals surface area contributed by atoms with Gasteiger partial charge in [0.1, 0.15) is 0 Å². The van der Waals surface area contributed by atoms with Crippen molar-refractivity contribution in [1.82, 2.24) is 4.57 Å². The van der Waals surface area contributed by atoms with E-state index in [0.717, 1.165) is 0 Å². The van der Waals surface area contributed by atoms with Crippen molar-refractivity contribution < 1.29 is 0 Å². The van der Waals surface area contributed by atoms with Gasteiger partial charge in [0.2, 0.25) is 0 Å². The summed E-state index contributed by atoms with van der Waals surface area (Å²) in [4.78, 5) is 0. The van der Waals surface area contributed by atoms with Gasteiger partial charge in [0.05, 0.1) is 0 Å². The highest BCUT2D eigenvalue weighted by molar-refractivity contribution is 5.28. The number of rotatable bonds is 0. The minimum atomic E-state index is 1.37. The molecule has 0 bridgehead atoms. The first kappa shape index (κ1) is 10.3. The summed E-state index contributed by atoms with van der Waals surface area (Å²) in [7, 11) is 2.08. The third-order valence-corrected chi connectivity index (χ3v) is 2.05. The molecular weight excluding hydrogens is 134 g/mol. The monoisotopic (exact) mass is 153 g/mol. The second kappa shape index (κ2) is 4.22. The maximum Gasteiger partial charge on any atom is 0.0172 e. The fraction of sp³-hybridized carbons (Fsp3) is 0.600. The molecule has 1 rings (SSSR count). The van der Waals surface area contributed by atoms with Gasteiger partial charge in [0.15, 0.2) is 0 Å². The zero-order chi connectivity index (χ0) is 9.02. The Morgan fingerprint density at radius 3 is 1.64 bits per heavy atom. The maximum absolute atomic E-state index is 2.16. The first-order valence-electron chi connectivity index (χ1n) is 4.22. The molecule has 1 aromatic heterocycles. The van der Waals surface area contributed by atoms with E-state index in [0.29, 0.717) is 0 Å². The van der Waals surface area contributed by atoms with Crippen LogP contribution in [0, 0.1) is 20.8 Å². The Hall–Kier alpha value is -0.720. The Kier molecular flexibility index (Phi) is 3.94. The van der Waals surface area contributed by atoms with Crippen molar-refractivity contribution in [2.24, 2.45) is 7.05 Å². The predicted octanol–water partition coefficient (Wildman–Crippen LogP) is 2.98. The van der Waals surface area contributed by atoms with Gasteiger partial charge < -0.3 is 4.57 Å². The molecule has 0 spiro atoms. The quantitative estimate of drug-likeness (QED) is 0.540. The van der Waals surface area contributed by atoms with E-state index in [2.05, 4.69) is 38.6 Å². The number of aryl methyl sites for hydroxylation is 2. The van der Waals surface area contributed by atoms with E-state index < -0.39 is 0 Å². The van der Waals surface area contributed by atoms with Crippen LogP contribution < -0.4 is 0 Å². The highest BCUT2D eigenvalue weighted by Crippen LogP contribution is 2.11. The molecule has 1 heterocycles. The summed E-state index contributed by atoms with van der Waals surface area (Å²) >= 11 is 0. The molecule has 64 valence electrons. The van der Waals surface area contributed by atoms with E-state index in [4.69, 9.17) is 0 Å². The summed E-state index contributed by atoms with van der Waals surface area (Å²) in [6.07, 6.45) is 2.16. The fourth-order valence-corrected chi connectivity index (χ4v) is 1.03. The van der Waals surface area contributed by atoms with Crippen LogP contribution in [0.4, 0.5) is 0 Å². The molecule has 0 N–H and O–H groups in total. The molecule has 1 aromatic rings. The number of aromatic nitrogens is 1. The van der Waals surface area contributed by atoms with Gasteiger partial charge in [-0.2, -0.15) is 0 Å². The van der Waals surface area contributed by atoms with Gasteiger partial charge in [-0.1, -0.05) is 13.8 Å². The lowest BCUT2D eigenvalue weighted by Crippen LogP contribution is -1.87. The molecule has 0 aromatic carbocycles. The summed E-state index contributed by atoms with van der Waals surface area (Å²) < 4.78 is 2.16. The van der Waals surface area contributed by atoms with Crippen molar-refractivity contribution in [3.63, 3.8) is 0 Å². The second-order valence-corrected chi connectivity index (χ2v) is 2.63. The largest absolute Gasteiger partial charge is 0.354 e. The molecular formula is C10H19N. The van der Waals surface area contributed by atoms with Gasteiger partial charge in [-0.05, 0) is 31.9 Å². The van der Waals surface area contributed by atoms with Crippen LogP contribution in [0.25, 0.3) is 0 Å². The number of nitrogens with zero attached hydrogens (tertiary/aromatic N) is 1. The summed E-state index contributed by atoms with van der Waals surface area (Å²) in [5, 5.41) is 0. The minimum Gasteiger partial charge on any atom is -0.354 e. The van der Waals surface area contributed by atoms with E-state index in [1.807, 2.05) is 13.8 Å². The van der Waals surface area contributed by atoms with Gasteiger partial charge in [-0.25, -0.2) is 0 Å². The molecule has 0 saturated heterocycles. The van der Waals surface area contributed by atoms with Gasteiger partial charge in [-0.3, -0.25) is 0 Å². The smallest absolute Gasteiger partial charge is 0.0172 e. The van der Waals surface area contributed by atoms with Gasteiger partial charge >= 0.3 is 0 Å². The fourth-order valence-electron chi connectivity index (χ4n) is 1.03. The van der Waals surface area contributed by atoms with E-state index in [1.165, 1.54) is 16.8 Å². The van der Waals surface area contributed by atoms with Crippen LogP contribution in [-0.4, -0.2) is 4.57 Å². The zero-order valence-corrected chi connectivity index (χ0v) is 8.52. The third kappa shape index (κ3) is 2.11. The molecule has 0 radical (unpaired) electrons. The molecule has 1 heteroatoms. The Bertz CT molecular complexity index is 199. The maximum atomic E-state index is 2.16. The van der Waals surface area contributed by atoms with E-state index in [1.54, 1.807) is 0 Å².